The number of rotatable bonds is 7. The Kier molecular flexibility index (Phi) is 7.02. The SMILES string of the molecule is CC(C)CCNCc1cc(N(C)C)c2c(c1O)C(=O)C1C(=O)[C@]3(O)C(=O)C(C(N)=O)C(=O)C[C@@H]3C[C@@H]1C2. The number of nitrogens with zero attached hydrogens (tertiary/aromatic N) is 1. The van der Waals surface area contributed by atoms with Gasteiger partial charge < -0.3 is 26.2 Å². The molecule has 0 radical (unpaired) electrons. The monoisotopic (exact) mass is 513 g/mol. The van der Waals surface area contributed by atoms with E-state index in [0.717, 1.165) is 18.7 Å². The average molecular weight is 514 g/mol. The lowest BCUT2D eigenvalue weighted by Crippen LogP contribution is -2.68. The van der Waals surface area contributed by atoms with Crippen molar-refractivity contribution in [1.82, 2.24) is 5.32 Å². The molecule has 4 rings (SSSR count). The summed E-state index contributed by atoms with van der Waals surface area (Å²) in [6.45, 7) is 5.25. The Balaban J connectivity index is 1.75. The van der Waals surface area contributed by atoms with E-state index in [1.807, 2.05) is 25.1 Å². The second-order valence-corrected chi connectivity index (χ2v) is 11.3. The van der Waals surface area contributed by atoms with Gasteiger partial charge in [-0.15, -0.1) is 0 Å². The number of primary amides is 1. The lowest BCUT2D eigenvalue weighted by Gasteiger charge is -2.48. The van der Waals surface area contributed by atoms with Gasteiger partial charge in [0, 0.05) is 44.2 Å². The third-order valence-electron chi connectivity index (χ3n) is 8.15. The molecule has 1 aromatic rings. The Labute approximate surface area is 215 Å². The first-order chi connectivity index (χ1) is 17.3. The Morgan fingerprint density at radius 3 is 2.46 bits per heavy atom. The molecule has 37 heavy (non-hydrogen) atoms. The van der Waals surface area contributed by atoms with E-state index in [1.165, 1.54) is 0 Å². The fourth-order valence-corrected chi connectivity index (χ4v) is 6.22. The molecular weight excluding hydrogens is 478 g/mol. The van der Waals surface area contributed by atoms with Gasteiger partial charge in [0.2, 0.25) is 5.91 Å². The van der Waals surface area contributed by atoms with Crippen LogP contribution in [-0.2, 0) is 32.1 Å². The van der Waals surface area contributed by atoms with E-state index in [4.69, 9.17) is 5.73 Å². The molecule has 0 saturated heterocycles. The number of Topliss-reactive ketones (excluding diaryl/α,β-unsaturated/α-hetero) is 4. The van der Waals surface area contributed by atoms with Gasteiger partial charge in [-0.1, -0.05) is 13.8 Å². The van der Waals surface area contributed by atoms with Gasteiger partial charge in [-0.25, -0.2) is 0 Å². The number of ketones is 4. The van der Waals surface area contributed by atoms with Crippen LogP contribution in [-0.4, -0.2) is 65.5 Å². The molecule has 10 heteroatoms. The fourth-order valence-electron chi connectivity index (χ4n) is 6.22. The van der Waals surface area contributed by atoms with E-state index >= 15 is 0 Å². The molecule has 1 aromatic carbocycles. The number of nitrogens with one attached hydrogen (secondary N) is 1. The quantitative estimate of drug-likeness (QED) is 0.300. The Hall–Kier alpha value is -3.11. The van der Waals surface area contributed by atoms with Gasteiger partial charge in [-0.2, -0.15) is 0 Å². The van der Waals surface area contributed by atoms with Crippen LogP contribution in [0.5, 0.6) is 5.75 Å². The second-order valence-electron chi connectivity index (χ2n) is 11.3. The molecule has 10 nitrogen and oxygen atoms in total. The zero-order chi connectivity index (χ0) is 27.4. The third kappa shape index (κ3) is 4.25. The maximum Gasteiger partial charge on any atom is 0.235 e. The lowest BCUT2D eigenvalue weighted by molar-refractivity contribution is -0.175. The summed E-state index contributed by atoms with van der Waals surface area (Å²) in [5.41, 5.74) is 4.45. The van der Waals surface area contributed by atoms with Crippen molar-refractivity contribution in [2.75, 3.05) is 25.5 Å². The highest BCUT2D eigenvalue weighted by molar-refractivity contribution is 6.31. The van der Waals surface area contributed by atoms with Gasteiger partial charge >= 0.3 is 0 Å². The third-order valence-corrected chi connectivity index (χ3v) is 8.15. The van der Waals surface area contributed by atoms with Gasteiger partial charge in [0.05, 0.1) is 11.5 Å². The van der Waals surface area contributed by atoms with E-state index < -0.39 is 58.3 Å². The molecule has 0 aliphatic heterocycles. The zero-order valence-corrected chi connectivity index (χ0v) is 21.7. The number of aliphatic hydroxyl groups is 1. The van der Waals surface area contributed by atoms with Crippen molar-refractivity contribution >= 4 is 34.7 Å². The molecule has 0 heterocycles. The molecule has 200 valence electrons. The van der Waals surface area contributed by atoms with Crippen LogP contribution in [0, 0.1) is 29.6 Å². The van der Waals surface area contributed by atoms with Crippen LogP contribution in [0.15, 0.2) is 6.07 Å². The summed E-state index contributed by atoms with van der Waals surface area (Å²) in [5.74, 6) is -9.46. The maximum absolute atomic E-state index is 13.8. The van der Waals surface area contributed by atoms with E-state index in [9.17, 15) is 34.2 Å². The summed E-state index contributed by atoms with van der Waals surface area (Å²) in [6, 6.07) is 1.83. The number of hydrogen-bond acceptors (Lipinski definition) is 9. The summed E-state index contributed by atoms with van der Waals surface area (Å²) in [4.78, 5) is 66.7. The van der Waals surface area contributed by atoms with Gasteiger partial charge in [-0.3, -0.25) is 24.0 Å². The van der Waals surface area contributed by atoms with Crippen molar-refractivity contribution in [1.29, 1.82) is 0 Å². The highest BCUT2D eigenvalue weighted by Gasteiger charge is 2.66. The van der Waals surface area contributed by atoms with Gasteiger partial charge in [-0.05, 0) is 49.3 Å². The zero-order valence-electron chi connectivity index (χ0n) is 21.7. The molecular formula is C27H35N3O7. The number of hydrogen-bond donors (Lipinski definition) is 4. The average Bonchev–Trinajstić information content (AvgIpc) is 2.79. The number of anilines is 1. The smallest absolute Gasteiger partial charge is 0.235 e. The molecule has 5 N–H and O–H groups in total. The summed E-state index contributed by atoms with van der Waals surface area (Å²) >= 11 is 0. The highest BCUT2D eigenvalue weighted by atomic mass is 16.3. The number of phenols is 1. The first-order valence-electron chi connectivity index (χ1n) is 12.7. The van der Waals surface area contributed by atoms with Crippen molar-refractivity contribution in [3.63, 3.8) is 0 Å². The normalized spacial score (nSPS) is 29.1. The first-order valence-corrected chi connectivity index (χ1v) is 12.7. The minimum absolute atomic E-state index is 0.0225. The van der Waals surface area contributed by atoms with Crippen LogP contribution in [0.4, 0.5) is 5.69 Å². The van der Waals surface area contributed by atoms with E-state index in [0.29, 0.717) is 23.6 Å². The molecule has 3 aliphatic rings. The van der Waals surface area contributed by atoms with Gasteiger partial charge in [0.1, 0.15) is 5.75 Å². The molecule has 2 saturated carbocycles. The fraction of sp³-hybridized carbons (Fsp3) is 0.593. The molecule has 3 aliphatic carbocycles. The van der Waals surface area contributed by atoms with Crippen LogP contribution in [0.1, 0.15) is 54.6 Å². The van der Waals surface area contributed by atoms with Crippen molar-refractivity contribution in [3.8, 4) is 5.75 Å². The van der Waals surface area contributed by atoms with Crippen LogP contribution in [0.25, 0.3) is 0 Å². The predicted octanol–water partition coefficient (Wildman–Crippen LogP) is 0.529. The molecule has 5 atom stereocenters. The highest BCUT2D eigenvalue weighted by Crippen LogP contribution is 2.51. The molecule has 2 fully saturated rings. The molecule has 2 unspecified atom stereocenters. The first kappa shape index (κ1) is 26.9. The van der Waals surface area contributed by atoms with E-state index in [2.05, 4.69) is 19.2 Å². The van der Waals surface area contributed by atoms with E-state index in [-0.39, 0.29) is 30.6 Å². The van der Waals surface area contributed by atoms with Crippen LogP contribution in [0.2, 0.25) is 0 Å². The summed E-state index contributed by atoms with van der Waals surface area (Å²) < 4.78 is 0. The number of fused-ring (bicyclic) bond motifs is 3. The van der Waals surface area contributed by atoms with E-state index in [1.54, 1.807) is 0 Å². The van der Waals surface area contributed by atoms with Crippen molar-refractivity contribution in [2.24, 2.45) is 35.3 Å². The number of nitrogens with two attached hydrogens (primary N) is 1. The largest absolute Gasteiger partial charge is 0.507 e. The molecule has 1 amide bonds. The maximum atomic E-state index is 13.8. The number of carbonyl (C=O) groups is 5. The van der Waals surface area contributed by atoms with Crippen molar-refractivity contribution in [3.05, 3.63) is 22.8 Å². The van der Waals surface area contributed by atoms with Gasteiger partial charge in [0.25, 0.3) is 0 Å². The molecule has 0 bridgehead atoms. The molecule has 0 spiro atoms. The van der Waals surface area contributed by atoms with Crippen LogP contribution in [0.3, 0.4) is 0 Å². The van der Waals surface area contributed by atoms with Crippen LogP contribution >= 0.6 is 0 Å². The molecule has 0 aromatic heterocycles. The Bertz CT molecular complexity index is 1190. The summed E-state index contributed by atoms with van der Waals surface area (Å²) in [5, 5.41) is 25.8. The Morgan fingerprint density at radius 2 is 1.86 bits per heavy atom. The second kappa shape index (κ2) is 9.64. The van der Waals surface area contributed by atoms with Crippen LogP contribution < -0.4 is 16.0 Å². The topological polar surface area (TPSA) is 167 Å². The predicted molar refractivity (Wildman–Crippen MR) is 134 cm³/mol. The summed E-state index contributed by atoms with van der Waals surface area (Å²) in [6.07, 6.45) is 0.922. The minimum Gasteiger partial charge on any atom is -0.507 e. The lowest BCUT2D eigenvalue weighted by atomic mass is 9.53. The number of amides is 1. The summed E-state index contributed by atoms with van der Waals surface area (Å²) in [7, 11) is 3.65. The number of aromatic hydroxyl groups is 1. The number of carbonyl (C=O) groups excluding carboxylic acids is 5. The van der Waals surface area contributed by atoms with Gasteiger partial charge in [0.15, 0.2) is 34.7 Å². The standard InChI is InChI=1S/C27H35N3O7/c1-12(2)5-6-29-11-14-9-17(30(3)4)16-8-13-7-15-10-18(31)21(26(28)36)25(35)27(15,37)24(34)19(13)23(33)20(16)22(14)32/h9,12-13,15,19,21,29,32,37H,5-8,10-11H2,1-4H3,(H2,28,36)/t13-,15+,19?,21?,27+/m1/s1. The van der Waals surface area contributed by atoms with Crippen molar-refractivity contribution in [2.45, 2.75) is 51.7 Å². The Morgan fingerprint density at radius 1 is 1.19 bits per heavy atom. The number of phenolic OH excluding ortho intramolecular Hbond substituents is 1. The minimum atomic E-state index is -2.64. The number of benzene rings is 1. The van der Waals surface area contributed by atoms with Crippen molar-refractivity contribution < 1.29 is 34.2 Å².